The van der Waals surface area contributed by atoms with Crippen LogP contribution in [-0.2, 0) is 0 Å². The third kappa shape index (κ3) is 4.89. The summed E-state index contributed by atoms with van der Waals surface area (Å²) in [6.07, 6.45) is 0. The molecule has 0 spiro atoms. The Balaban J connectivity index is 2.52. The van der Waals surface area contributed by atoms with Crippen LogP contribution in [0.5, 0.6) is 11.5 Å². The van der Waals surface area contributed by atoms with Crippen molar-refractivity contribution in [1.82, 2.24) is 10.4 Å². The van der Waals surface area contributed by atoms with Crippen LogP contribution >= 0.6 is 0 Å². The zero-order valence-electron chi connectivity index (χ0n) is 17.5. The molecule has 2 rings (SSSR count). The molecule has 28 heavy (non-hydrogen) atoms. The summed E-state index contributed by atoms with van der Waals surface area (Å²) in [5, 5.41) is 1.07. The Morgan fingerprint density at radius 3 is 2.21 bits per heavy atom. The first-order chi connectivity index (χ1) is 13.1. The molecule has 0 aliphatic carbocycles. The molecular weight excluding hydrogens is 356 g/mol. The molecule has 6 heteroatoms. The number of amides is 2. The maximum atomic E-state index is 13.3. The first kappa shape index (κ1) is 21.4. The Morgan fingerprint density at radius 1 is 0.964 bits per heavy atom. The van der Waals surface area contributed by atoms with E-state index in [-0.39, 0.29) is 0 Å². The lowest BCUT2D eigenvalue weighted by Crippen LogP contribution is -2.54. The van der Waals surface area contributed by atoms with Crippen molar-refractivity contribution >= 4 is 11.8 Å². The zero-order valence-corrected chi connectivity index (χ0v) is 17.5. The predicted octanol–water partition coefficient (Wildman–Crippen LogP) is 3.91. The quantitative estimate of drug-likeness (QED) is 0.625. The van der Waals surface area contributed by atoms with Crippen LogP contribution in [0.1, 0.15) is 52.6 Å². The summed E-state index contributed by atoms with van der Waals surface area (Å²) in [5.41, 5.74) is 4.81. The molecule has 0 heterocycles. The smallest absolute Gasteiger partial charge is 0.275 e. The van der Waals surface area contributed by atoms with Crippen molar-refractivity contribution < 1.29 is 19.1 Å². The molecule has 6 nitrogen and oxygen atoms in total. The van der Waals surface area contributed by atoms with Crippen LogP contribution in [0.15, 0.2) is 36.4 Å². The van der Waals surface area contributed by atoms with Crippen molar-refractivity contribution in [3.63, 3.8) is 0 Å². The molecule has 0 fully saturated rings. The molecule has 0 aliphatic rings. The van der Waals surface area contributed by atoms with Gasteiger partial charge in [-0.05, 0) is 70.5 Å². The lowest BCUT2D eigenvalue weighted by molar-refractivity contribution is 0.0451. The van der Waals surface area contributed by atoms with Gasteiger partial charge in [-0.1, -0.05) is 6.07 Å². The Kier molecular flexibility index (Phi) is 6.46. The lowest BCUT2D eigenvalue weighted by atomic mass is 10.1. The summed E-state index contributed by atoms with van der Waals surface area (Å²) in [6.45, 7) is 9.32. The van der Waals surface area contributed by atoms with Gasteiger partial charge in [0, 0.05) is 22.2 Å². The third-order valence-corrected chi connectivity index (χ3v) is 4.12. The van der Waals surface area contributed by atoms with E-state index in [1.165, 1.54) is 0 Å². The number of ether oxygens (including phenoxy) is 2. The molecule has 0 radical (unpaired) electrons. The Labute approximate surface area is 166 Å². The molecule has 0 bridgehead atoms. The largest absolute Gasteiger partial charge is 0.497 e. The molecule has 0 saturated carbocycles. The van der Waals surface area contributed by atoms with E-state index >= 15 is 0 Å². The van der Waals surface area contributed by atoms with Crippen molar-refractivity contribution in [2.24, 2.45) is 0 Å². The summed E-state index contributed by atoms with van der Waals surface area (Å²) in [7, 11) is 3.09. The number of imide groups is 1. The number of nitrogens with one attached hydrogen (secondary N) is 1. The second kappa shape index (κ2) is 8.44. The molecule has 2 amide bonds. The minimum Gasteiger partial charge on any atom is -0.497 e. The minimum absolute atomic E-state index is 0.363. The first-order valence-electron chi connectivity index (χ1n) is 9.03. The molecule has 0 aliphatic heterocycles. The molecule has 1 N–H and O–H groups in total. The molecule has 2 aromatic carbocycles. The highest BCUT2D eigenvalue weighted by atomic mass is 16.5. The summed E-state index contributed by atoms with van der Waals surface area (Å²) in [5.74, 6) is 0.247. The minimum atomic E-state index is -0.508. The number of nitrogens with zero attached hydrogens (tertiary/aromatic N) is 1. The van der Waals surface area contributed by atoms with E-state index in [4.69, 9.17) is 9.47 Å². The van der Waals surface area contributed by atoms with Crippen LogP contribution < -0.4 is 14.9 Å². The molecule has 150 valence electrons. The molecule has 0 atom stereocenters. The van der Waals surface area contributed by atoms with Crippen LogP contribution in [0.2, 0.25) is 0 Å². The van der Waals surface area contributed by atoms with Gasteiger partial charge in [0.2, 0.25) is 0 Å². The van der Waals surface area contributed by atoms with Crippen molar-refractivity contribution in [1.29, 1.82) is 0 Å². The molecule has 2 aromatic rings. The van der Waals surface area contributed by atoms with Crippen molar-refractivity contribution in [2.75, 3.05) is 14.2 Å². The lowest BCUT2D eigenvalue weighted by Gasteiger charge is -2.30. The monoisotopic (exact) mass is 384 g/mol. The van der Waals surface area contributed by atoms with Crippen LogP contribution in [0.4, 0.5) is 0 Å². The van der Waals surface area contributed by atoms with Crippen LogP contribution in [0.3, 0.4) is 0 Å². The number of carbonyl (C=O) groups is 2. The van der Waals surface area contributed by atoms with E-state index in [2.05, 4.69) is 5.43 Å². The fourth-order valence-electron chi connectivity index (χ4n) is 2.84. The summed E-state index contributed by atoms with van der Waals surface area (Å²) in [6, 6.07) is 10.4. The Hall–Kier alpha value is -2.86. The van der Waals surface area contributed by atoms with E-state index in [0.717, 1.165) is 10.6 Å². The van der Waals surface area contributed by atoms with Gasteiger partial charge in [0.25, 0.3) is 11.8 Å². The SMILES string of the molecule is COc1cc(C)cc(C(=O)N(NC(C)(C)C)C(=O)c2cccc(OC)c2C)c1. The van der Waals surface area contributed by atoms with Gasteiger partial charge in [-0.3, -0.25) is 9.59 Å². The van der Waals surface area contributed by atoms with Crippen LogP contribution in [0, 0.1) is 13.8 Å². The van der Waals surface area contributed by atoms with E-state index in [0.29, 0.717) is 28.2 Å². The molecule has 0 saturated heterocycles. The summed E-state index contributed by atoms with van der Waals surface area (Å²) in [4.78, 5) is 26.6. The highest BCUT2D eigenvalue weighted by molar-refractivity contribution is 6.10. The van der Waals surface area contributed by atoms with E-state index in [1.54, 1.807) is 51.5 Å². The number of hydrogen-bond acceptors (Lipinski definition) is 5. The van der Waals surface area contributed by atoms with Crippen molar-refractivity contribution in [3.05, 3.63) is 58.7 Å². The topological polar surface area (TPSA) is 67.9 Å². The Morgan fingerprint density at radius 2 is 1.64 bits per heavy atom. The number of rotatable bonds is 5. The number of methoxy groups -OCH3 is 2. The fourth-order valence-corrected chi connectivity index (χ4v) is 2.84. The first-order valence-corrected chi connectivity index (χ1v) is 9.03. The third-order valence-electron chi connectivity index (χ3n) is 4.12. The number of carbonyl (C=O) groups excluding carboxylic acids is 2. The molecular formula is C22H28N2O4. The average molecular weight is 384 g/mol. The number of hydrogen-bond donors (Lipinski definition) is 1. The highest BCUT2D eigenvalue weighted by Crippen LogP contribution is 2.24. The summed E-state index contributed by atoms with van der Waals surface area (Å²) < 4.78 is 10.6. The van der Waals surface area contributed by atoms with Gasteiger partial charge in [0.1, 0.15) is 11.5 Å². The van der Waals surface area contributed by atoms with Gasteiger partial charge in [-0.2, -0.15) is 0 Å². The summed E-state index contributed by atoms with van der Waals surface area (Å²) >= 11 is 0. The van der Waals surface area contributed by atoms with Gasteiger partial charge in [0.05, 0.1) is 14.2 Å². The number of hydrazine groups is 1. The van der Waals surface area contributed by atoms with Crippen molar-refractivity contribution in [3.8, 4) is 11.5 Å². The predicted molar refractivity (Wildman–Crippen MR) is 109 cm³/mol. The van der Waals surface area contributed by atoms with Crippen LogP contribution in [-0.4, -0.2) is 36.6 Å². The highest BCUT2D eigenvalue weighted by Gasteiger charge is 2.30. The number of aryl methyl sites for hydroxylation is 1. The maximum Gasteiger partial charge on any atom is 0.275 e. The van der Waals surface area contributed by atoms with Gasteiger partial charge in [0.15, 0.2) is 0 Å². The standard InChI is InChI=1S/C22H28N2O4/c1-14-11-16(13-17(12-14)27-6)20(25)24(23-22(3,4)5)21(26)18-9-8-10-19(28-7)15(18)2/h8-13,23H,1-7H3. The normalized spacial score (nSPS) is 11.1. The van der Waals surface area contributed by atoms with Gasteiger partial charge in [-0.15, -0.1) is 0 Å². The zero-order chi connectivity index (χ0) is 21.1. The van der Waals surface area contributed by atoms with Gasteiger partial charge < -0.3 is 9.47 Å². The number of benzene rings is 2. The second-order valence-electron chi connectivity index (χ2n) is 7.68. The molecule has 0 unspecified atom stereocenters. The molecule has 0 aromatic heterocycles. The van der Waals surface area contributed by atoms with E-state index < -0.39 is 17.4 Å². The van der Waals surface area contributed by atoms with Gasteiger partial charge in [-0.25, -0.2) is 10.4 Å². The van der Waals surface area contributed by atoms with Gasteiger partial charge >= 0.3 is 0 Å². The van der Waals surface area contributed by atoms with Crippen LogP contribution in [0.25, 0.3) is 0 Å². The second-order valence-corrected chi connectivity index (χ2v) is 7.68. The Bertz CT molecular complexity index is 885. The van der Waals surface area contributed by atoms with E-state index in [9.17, 15) is 9.59 Å². The fraction of sp³-hybridized carbons (Fsp3) is 0.364. The maximum absolute atomic E-state index is 13.3. The average Bonchev–Trinajstić information content (AvgIpc) is 2.64. The van der Waals surface area contributed by atoms with Crippen molar-refractivity contribution in [2.45, 2.75) is 40.2 Å². The van der Waals surface area contributed by atoms with E-state index in [1.807, 2.05) is 33.8 Å².